The summed E-state index contributed by atoms with van der Waals surface area (Å²) in [5.41, 5.74) is 2.58. The number of carbonyl (C=O) groups is 1. The van der Waals surface area contributed by atoms with Crippen LogP contribution in [0.5, 0.6) is 5.75 Å². The predicted octanol–water partition coefficient (Wildman–Crippen LogP) is 5.70. The molecule has 0 atom stereocenters. The van der Waals surface area contributed by atoms with E-state index in [-0.39, 0.29) is 23.6 Å². The van der Waals surface area contributed by atoms with Crippen molar-refractivity contribution in [2.45, 2.75) is 19.3 Å². The zero-order valence-corrected chi connectivity index (χ0v) is 18.2. The maximum Gasteiger partial charge on any atom is 0.270 e. The highest BCUT2D eigenvalue weighted by Crippen LogP contribution is 2.32. The fraction of sp³-hybridized carbons (Fsp3) is 0.174. The lowest BCUT2D eigenvalue weighted by molar-refractivity contribution is -0.384. The molecule has 0 heterocycles. The maximum atomic E-state index is 12.2. The lowest BCUT2D eigenvalue weighted by atomic mass is 9.78. The number of rotatable bonds is 7. The molecule has 0 fully saturated rings. The molecule has 3 aromatic carbocycles. The number of hydrogen-bond donors (Lipinski definition) is 1. The van der Waals surface area contributed by atoms with E-state index in [0.717, 1.165) is 5.56 Å². The van der Waals surface area contributed by atoms with E-state index in [0.29, 0.717) is 15.9 Å². The van der Waals surface area contributed by atoms with Crippen molar-refractivity contribution in [1.82, 2.24) is 0 Å². The molecule has 3 aromatic rings. The van der Waals surface area contributed by atoms with E-state index in [1.54, 1.807) is 0 Å². The monoisotopic (exact) mass is 468 g/mol. The Hall–Kier alpha value is -3.19. The quantitative estimate of drug-likeness (QED) is 0.356. The first-order valence-corrected chi connectivity index (χ1v) is 10.1. The molecule has 6 nitrogen and oxygen atoms in total. The normalized spacial score (nSPS) is 11.0. The van der Waals surface area contributed by atoms with E-state index in [9.17, 15) is 14.9 Å². The van der Waals surface area contributed by atoms with Crippen molar-refractivity contribution in [2.75, 3.05) is 11.9 Å². The summed E-state index contributed by atoms with van der Waals surface area (Å²) in [6.07, 6.45) is 0. The summed E-state index contributed by atoms with van der Waals surface area (Å²) in [6.45, 7) is 4.15. The Labute approximate surface area is 183 Å². The van der Waals surface area contributed by atoms with Gasteiger partial charge in [0.1, 0.15) is 5.75 Å². The number of hydrogen-bond acceptors (Lipinski definition) is 4. The van der Waals surface area contributed by atoms with Crippen molar-refractivity contribution in [2.24, 2.45) is 0 Å². The van der Waals surface area contributed by atoms with Crippen LogP contribution < -0.4 is 10.1 Å². The first kappa shape index (κ1) is 21.5. The molecule has 0 aromatic heterocycles. The van der Waals surface area contributed by atoms with Gasteiger partial charge in [-0.3, -0.25) is 14.9 Å². The van der Waals surface area contributed by atoms with Crippen LogP contribution in [0.2, 0.25) is 0 Å². The number of anilines is 1. The average molecular weight is 469 g/mol. The van der Waals surface area contributed by atoms with Gasteiger partial charge in [0.15, 0.2) is 6.61 Å². The zero-order chi connectivity index (χ0) is 21.7. The molecule has 154 valence electrons. The molecule has 0 aliphatic heterocycles. The second-order valence-corrected chi connectivity index (χ2v) is 8.13. The van der Waals surface area contributed by atoms with Crippen LogP contribution in [0.25, 0.3) is 0 Å². The summed E-state index contributed by atoms with van der Waals surface area (Å²) in [6, 6.07) is 22.1. The Kier molecular flexibility index (Phi) is 6.52. The molecule has 30 heavy (non-hydrogen) atoms. The number of ether oxygens (including phenoxy) is 1. The van der Waals surface area contributed by atoms with E-state index in [1.165, 1.54) is 23.8 Å². The Morgan fingerprint density at radius 2 is 1.67 bits per heavy atom. The largest absolute Gasteiger partial charge is 0.484 e. The van der Waals surface area contributed by atoms with Crippen molar-refractivity contribution in [3.63, 3.8) is 0 Å². The molecule has 7 heteroatoms. The van der Waals surface area contributed by atoms with Gasteiger partial charge in [0.25, 0.3) is 11.6 Å². The summed E-state index contributed by atoms with van der Waals surface area (Å²) in [5.74, 6) is 0.221. The lowest BCUT2D eigenvalue weighted by Crippen LogP contribution is -2.21. The van der Waals surface area contributed by atoms with Crippen molar-refractivity contribution < 1.29 is 14.5 Å². The number of carbonyl (C=O) groups excluding carboxylic acids is 1. The number of nitrogens with zero attached hydrogens (tertiary/aromatic N) is 1. The molecule has 0 saturated carbocycles. The summed E-state index contributed by atoms with van der Waals surface area (Å²) < 4.78 is 6.01. The Morgan fingerprint density at radius 3 is 2.27 bits per heavy atom. The van der Waals surface area contributed by atoms with E-state index in [2.05, 4.69) is 47.2 Å². The van der Waals surface area contributed by atoms with E-state index in [1.807, 2.05) is 42.5 Å². The van der Waals surface area contributed by atoms with Crippen LogP contribution in [0.1, 0.15) is 25.0 Å². The summed E-state index contributed by atoms with van der Waals surface area (Å²) in [5, 5.41) is 13.5. The van der Waals surface area contributed by atoms with E-state index in [4.69, 9.17) is 4.74 Å². The molecule has 3 rings (SSSR count). The summed E-state index contributed by atoms with van der Waals surface area (Å²) in [4.78, 5) is 22.5. The van der Waals surface area contributed by atoms with E-state index >= 15 is 0 Å². The summed E-state index contributed by atoms with van der Waals surface area (Å²) >= 11 is 3.23. The molecule has 0 aliphatic rings. The number of non-ortho nitro benzene ring substituents is 1. The number of nitro benzene ring substituents is 1. The topological polar surface area (TPSA) is 81.5 Å². The van der Waals surface area contributed by atoms with Crippen LogP contribution in [-0.4, -0.2) is 17.4 Å². The maximum absolute atomic E-state index is 12.2. The lowest BCUT2D eigenvalue weighted by Gasteiger charge is -2.26. The van der Waals surface area contributed by atoms with Crippen LogP contribution in [-0.2, 0) is 10.2 Å². The second-order valence-electron chi connectivity index (χ2n) is 7.27. The molecule has 0 radical (unpaired) electrons. The highest BCUT2D eigenvalue weighted by Gasteiger charge is 2.22. The highest BCUT2D eigenvalue weighted by atomic mass is 79.9. The SMILES string of the molecule is CC(C)(c1ccccc1)c1ccc(OCC(=O)Nc2ccc([N+](=O)[O-])cc2Br)cc1. The van der Waals surface area contributed by atoms with Gasteiger partial charge in [0.05, 0.1) is 10.6 Å². The minimum atomic E-state index is -0.498. The summed E-state index contributed by atoms with van der Waals surface area (Å²) in [7, 11) is 0. The Morgan fingerprint density at radius 1 is 1.03 bits per heavy atom. The van der Waals surface area contributed by atoms with Gasteiger partial charge in [-0.25, -0.2) is 0 Å². The second kappa shape index (κ2) is 9.09. The van der Waals surface area contributed by atoms with Gasteiger partial charge < -0.3 is 10.1 Å². The molecule has 0 spiro atoms. The Bertz CT molecular complexity index is 1050. The van der Waals surface area contributed by atoms with Crippen LogP contribution >= 0.6 is 15.9 Å². The smallest absolute Gasteiger partial charge is 0.270 e. The number of nitro groups is 1. The molecule has 0 saturated heterocycles. The third-order valence-corrected chi connectivity index (χ3v) is 5.54. The number of halogens is 1. The van der Waals surface area contributed by atoms with Crippen molar-refractivity contribution in [3.8, 4) is 5.75 Å². The van der Waals surface area contributed by atoms with Crippen LogP contribution in [0, 0.1) is 10.1 Å². The van der Waals surface area contributed by atoms with Gasteiger partial charge in [0.2, 0.25) is 0 Å². The first-order chi connectivity index (χ1) is 14.3. The molecule has 1 N–H and O–H groups in total. The van der Waals surface area contributed by atoms with Gasteiger partial charge >= 0.3 is 0 Å². The van der Waals surface area contributed by atoms with Gasteiger partial charge in [-0.15, -0.1) is 0 Å². The number of amides is 1. The van der Waals surface area contributed by atoms with Crippen molar-refractivity contribution in [1.29, 1.82) is 0 Å². The molecular formula is C23H21BrN2O4. The minimum Gasteiger partial charge on any atom is -0.484 e. The minimum absolute atomic E-state index is 0.0605. The molecule has 1 amide bonds. The molecule has 0 aliphatic carbocycles. The molecule has 0 bridgehead atoms. The van der Waals surface area contributed by atoms with Crippen LogP contribution in [0.3, 0.4) is 0 Å². The van der Waals surface area contributed by atoms with Crippen molar-refractivity contribution in [3.05, 3.63) is 98.5 Å². The highest BCUT2D eigenvalue weighted by molar-refractivity contribution is 9.10. The third-order valence-electron chi connectivity index (χ3n) is 4.88. The molecular weight excluding hydrogens is 448 g/mol. The standard InChI is InChI=1S/C23H21BrN2O4/c1-23(2,16-6-4-3-5-7-16)17-8-11-19(12-9-17)30-15-22(27)25-21-13-10-18(26(28)29)14-20(21)24/h3-14H,15H2,1-2H3,(H,25,27). The number of benzene rings is 3. The van der Waals surface area contributed by atoms with E-state index < -0.39 is 4.92 Å². The van der Waals surface area contributed by atoms with Gasteiger partial charge in [-0.2, -0.15) is 0 Å². The molecule has 0 unspecified atom stereocenters. The van der Waals surface area contributed by atoms with Crippen molar-refractivity contribution >= 4 is 33.2 Å². The van der Waals surface area contributed by atoms with Gasteiger partial charge in [-0.05, 0) is 45.3 Å². The third kappa shape index (κ3) is 5.04. The first-order valence-electron chi connectivity index (χ1n) is 9.30. The number of nitrogens with one attached hydrogen (secondary N) is 1. The predicted molar refractivity (Wildman–Crippen MR) is 120 cm³/mol. The van der Waals surface area contributed by atoms with Gasteiger partial charge in [0, 0.05) is 22.0 Å². The Balaban J connectivity index is 1.60. The van der Waals surface area contributed by atoms with Crippen LogP contribution in [0.4, 0.5) is 11.4 Å². The fourth-order valence-corrected chi connectivity index (χ4v) is 3.51. The average Bonchev–Trinajstić information content (AvgIpc) is 2.74. The van der Waals surface area contributed by atoms with Gasteiger partial charge in [-0.1, -0.05) is 56.3 Å². The van der Waals surface area contributed by atoms with Crippen LogP contribution in [0.15, 0.2) is 77.3 Å². The zero-order valence-electron chi connectivity index (χ0n) is 16.6. The fourth-order valence-electron chi connectivity index (χ4n) is 3.04.